The summed E-state index contributed by atoms with van der Waals surface area (Å²) in [5.41, 5.74) is 8.27. The van der Waals surface area contributed by atoms with E-state index in [0.717, 1.165) is 0 Å². The zero-order valence-corrected chi connectivity index (χ0v) is 9.61. The molecule has 1 aliphatic carbocycles. The molecule has 0 bridgehead atoms. The van der Waals surface area contributed by atoms with E-state index in [1.165, 1.54) is 0 Å². The Labute approximate surface area is 103 Å². The third-order valence-electron chi connectivity index (χ3n) is 2.86. The Morgan fingerprint density at radius 1 is 1.35 bits per heavy atom. The molecule has 2 N–H and O–H groups in total. The van der Waals surface area contributed by atoms with E-state index in [1.807, 2.05) is 6.08 Å². The van der Waals surface area contributed by atoms with Crippen molar-refractivity contribution in [2.75, 3.05) is 0 Å². The summed E-state index contributed by atoms with van der Waals surface area (Å²) < 4.78 is 0. The van der Waals surface area contributed by atoms with Crippen molar-refractivity contribution in [1.82, 2.24) is 0 Å². The minimum atomic E-state index is -0.317. The molecule has 0 fully saturated rings. The van der Waals surface area contributed by atoms with Crippen molar-refractivity contribution in [3.63, 3.8) is 0 Å². The Morgan fingerprint density at radius 2 is 2.18 bits per heavy atom. The van der Waals surface area contributed by atoms with Crippen LogP contribution >= 0.6 is 11.6 Å². The highest BCUT2D eigenvalue weighted by atomic mass is 35.5. The minimum absolute atomic E-state index is 0.0627. The van der Waals surface area contributed by atoms with Gasteiger partial charge in [0.1, 0.15) is 0 Å². The van der Waals surface area contributed by atoms with Gasteiger partial charge in [-0.1, -0.05) is 23.8 Å². The van der Waals surface area contributed by atoms with Crippen LogP contribution in [0.3, 0.4) is 0 Å². The first-order chi connectivity index (χ1) is 8.16. The van der Waals surface area contributed by atoms with Crippen molar-refractivity contribution in [2.45, 2.75) is 6.04 Å². The number of hydrogen-bond donors (Lipinski definition) is 1. The molecule has 0 amide bonds. The van der Waals surface area contributed by atoms with Crippen LogP contribution in [-0.4, -0.2) is 17.5 Å². The van der Waals surface area contributed by atoms with E-state index < -0.39 is 0 Å². The molecule has 0 saturated heterocycles. The molecule has 2 aliphatic rings. The largest absolute Gasteiger partial charge is 0.319 e. The summed E-state index contributed by atoms with van der Waals surface area (Å²) in [4.78, 5) is 16.7. The van der Waals surface area contributed by atoms with Crippen molar-refractivity contribution < 1.29 is 4.79 Å². The highest BCUT2D eigenvalue weighted by Gasteiger charge is 2.29. The van der Waals surface area contributed by atoms with Gasteiger partial charge in [0.25, 0.3) is 0 Å². The zero-order chi connectivity index (χ0) is 12.0. The fraction of sp³-hybridized carbons (Fsp3) is 0.0769. The lowest BCUT2D eigenvalue weighted by molar-refractivity contribution is 0.103. The number of nitrogens with two attached hydrogens (primary N) is 1. The van der Waals surface area contributed by atoms with Crippen molar-refractivity contribution >= 4 is 28.8 Å². The number of hydrogen-bond acceptors (Lipinski definition) is 3. The Morgan fingerprint density at radius 3 is 3.00 bits per heavy atom. The summed E-state index contributed by atoms with van der Waals surface area (Å²) >= 11 is 5.89. The van der Waals surface area contributed by atoms with Crippen LogP contribution in [0.5, 0.6) is 0 Å². The molecular formula is C13H9ClN2O. The maximum Gasteiger partial charge on any atom is 0.197 e. The van der Waals surface area contributed by atoms with Gasteiger partial charge in [-0.15, -0.1) is 0 Å². The molecule has 1 heterocycles. The van der Waals surface area contributed by atoms with Gasteiger partial charge in [-0.3, -0.25) is 4.79 Å². The molecule has 17 heavy (non-hydrogen) atoms. The van der Waals surface area contributed by atoms with E-state index in [-0.39, 0.29) is 11.8 Å². The SMILES string of the molecule is NC1C=CC=C2C(=O)c3cc(Cl)ccc3N=C21. The van der Waals surface area contributed by atoms with Gasteiger partial charge in [-0.25, -0.2) is 4.99 Å². The third-order valence-corrected chi connectivity index (χ3v) is 3.10. The average molecular weight is 245 g/mol. The summed E-state index contributed by atoms with van der Waals surface area (Å²) in [7, 11) is 0. The molecule has 1 unspecified atom stereocenters. The molecule has 1 aliphatic heterocycles. The fourth-order valence-corrected chi connectivity index (χ4v) is 2.19. The smallest absolute Gasteiger partial charge is 0.197 e. The maximum absolute atomic E-state index is 12.3. The molecule has 0 radical (unpaired) electrons. The molecule has 84 valence electrons. The molecular weight excluding hydrogens is 236 g/mol. The van der Waals surface area contributed by atoms with Crippen molar-refractivity contribution in [1.29, 1.82) is 0 Å². The summed E-state index contributed by atoms with van der Waals surface area (Å²) in [6.07, 6.45) is 5.34. The molecule has 1 aromatic rings. The number of carbonyl (C=O) groups excluding carboxylic acids is 1. The van der Waals surface area contributed by atoms with Crippen LogP contribution in [0.2, 0.25) is 5.02 Å². The van der Waals surface area contributed by atoms with Crippen LogP contribution in [0, 0.1) is 0 Å². The second-order valence-electron chi connectivity index (χ2n) is 3.98. The quantitative estimate of drug-likeness (QED) is 0.762. The molecule has 0 aromatic heterocycles. The normalized spacial score (nSPS) is 21.5. The summed E-state index contributed by atoms with van der Waals surface area (Å²) in [5, 5.41) is 0.534. The van der Waals surface area contributed by atoms with Gasteiger partial charge in [0.15, 0.2) is 5.78 Å². The Balaban J connectivity index is 2.25. The van der Waals surface area contributed by atoms with Crippen LogP contribution < -0.4 is 5.73 Å². The first kappa shape index (κ1) is 10.4. The summed E-state index contributed by atoms with van der Waals surface area (Å²) in [6, 6.07) is 4.79. The highest BCUT2D eigenvalue weighted by molar-refractivity contribution is 6.36. The van der Waals surface area contributed by atoms with Gasteiger partial charge in [0, 0.05) is 16.2 Å². The number of nitrogens with zero attached hydrogens (tertiary/aromatic N) is 1. The van der Waals surface area contributed by atoms with Gasteiger partial charge in [0.05, 0.1) is 17.4 Å². The van der Waals surface area contributed by atoms with Gasteiger partial charge in [-0.05, 0) is 24.3 Å². The number of allylic oxidation sites excluding steroid dienone is 2. The summed E-state index contributed by atoms with van der Waals surface area (Å²) in [5.74, 6) is -0.0627. The first-order valence-corrected chi connectivity index (χ1v) is 5.62. The van der Waals surface area contributed by atoms with Crippen molar-refractivity contribution in [2.24, 2.45) is 10.7 Å². The van der Waals surface area contributed by atoms with Crippen LogP contribution in [-0.2, 0) is 0 Å². The number of halogens is 1. The number of aliphatic imine (C=N–C) groups is 1. The van der Waals surface area contributed by atoms with E-state index in [0.29, 0.717) is 27.6 Å². The lowest BCUT2D eigenvalue weighted by Crippen LogP contribution is -2.35. The van der Waals surface area contributed by atoms with Gasteiger partial charge in [-0.2, -0.15) is 0 Å². The fourth-order valence-electron chi connectivity index (χ4n) is 2.02. The molecule has 3 rings (SSSR count). The van der Waals surface area contributed by atoms with E-state index in [1.54, 1.807) is 30.4 Å². The monoisotopic (exact) mass is 244 g/mol. The minimum Gasteiger partial charge on any atom is -0.319 e. The van der Waals surface area contributed by atoms with E-state index in [9.17, 15) is 4.79 Å². The zero-order valence-electron chi connectivity index (χ0n) is 8.85. The Kier molecular flexibility index (Phi) is 2.24. The van der Waals surface area contributed by atoms with E-state index >= 15 is 0 Å². The predicted octanol–water partition coefficient (Wildman–Crippen LogP) is 2.43. The topological polar surface area (TPSA) is 55.5 Å². The number of carbonyl (C=O) groups is 1. The van der Waals surface area contributed by atoms with Crippen LogP contribution in [0.4, 0.5) is 5.69 Å². The van der Waals surface area contributed by atoms with Gasteiger partial charge >= 0.3 is 0 Å². The molecule has 1 aromatic carbocycles. The predicted molar refractivity (Wildman–Crippen MR) is 68.1 cm³/mol. The Hall–Kier alpha value is -1.71. The number of rotatable bonds is 0. The standard InChI is InChI=1S/C13H9ClN2O/c14-7-4-5-11-9(6-7)13(17)8-2-1-3-10(15)12(8)16-11/h1-6,10H,15H2. The number of benzene rings is 1. The molecule has 4 heteroatoms. The third kappa shape index (κ3) is 1.55. The van der Waals surface area contributed by atoms with Gasteiger partial charge in [0.2, 0.25) is 0 Å². The second kappa shape index (κ2) is 3.65. The molecule has 0 saturated carbocycles. The van der Waals surface area contributed by atoms with Crippen LogP contribution in [0.25, 0.3) is 0 Å². The summed E-state index contributed by atoms with van der Waals surface area (Å²) in [6.45, 7) is 0. The number of Topliss-reactive ketones (excluding diaryl/α,β-unsaturated/α-hetero) is 1. The van der Waals surface area contributed by atoms with Crippen molar-refractivity contribution in [3.05, 3.63) is 52.6 Å². The number of fused-ring (bicyclic) bond motifs is 2. The molecule has 0 spiro atoms. The highest BCUT2D eigenvalue weighted by Crippen LogP contribution is 2.32. The molecule has 1 atom stereocenters. The average Bonchev–Trinajstić information content (AvgIpc) is 2.32. The molecule has 3 nitrogen and oxygen atoms in total. The Bertz CT molecular complexity index is 614. The first-order valence-electron chi connectivity index (χ1n) is 5.24. The van der Waals surface area contributed by atoms with E-state index in [4.69, 9.17) is 17.3 Å². The van der Waals surface area contributed by atoms with Gasteiger partial charge < -0.3 is 5.73 Å². The van der Waals surface area contributed by atoms with E-state index in [2.05, 4.69) is 4.99 Å². The van der Waals surface area contributed by atoms with Crippen molar-refractivity contribution in [3.8, 4) is 0 Å². The number of ketones is 1. The van der Waals surface area contributed by atoms with Crippen LogP contribution in [0.15, 0.2) is 47.0 Å². The second-order valence-corrected chi connectivity index (χ2v) is 4.42. The van der Waals surface area contributed by atoms with Crippen LogP contribution in [0.1, 0.15) is 10.4 Å². The maximum atomic E-state index is 12.3. The lowest BCUT2D eigenvalue weighted by atomic mass is 9.88. The lowest BCUT2D eigenvalue weighted by Gasteiger charge is -2.22.